The van der Waals surface area contributed by atoms with Crippen molar-refractivity contribution in [2.75, 3.05) is 32.1 Å². The van der Waals surface area contributed by atoms with Gasteiger partial charge in [-0.1, -0.05) is 57.0 Å². The summed E-state index contributed by atoms with van der Waals surface area (Å²) < 4.78 is 7.31. The third kappa shape index (κ3) is 8.55. The molecule has 1 N–H and O–H groups in total. The van der Waals surface area contributed by atoms with E-state index in [1.165, 1.54) is 0 Å². The predicted octanol–water partition coefficient (Wildman–Crippen LogP) is 6.52. The maximum Gasteiger partial charge on any atom is 0.322 e. The van der Waals surface area contributed by atoms with E-state index in [-0.39, 0.29) is 24.4 Å². The Morgan fingerprint density at radius 2 is 1.76 bits per heavy atom. The van der Waals surface area contributed by atoms with E-state index in [4.69, 9.17) is 16.3 Å². The molecule has 3 amide bonds. The highest BCUT2D eigenvalue weighted by atomic mass is 35.5. The number of nitrogens with zero attached hydrogens (tertiary/aromatic N) is 3. The molecule has 7 nitrogen and oxygen atoms in total. The number of hydrogen-bond acceptors (Lipinski definition) is 3. The Kier molecular flexibility index (Phi) is 11.1. The SMILES string of the molecule is CCCCN(CC(=O)N(Cc1cccn1Cc1ccccc1Cl)CC(C)C)C(=O)Nc1ccc(OC)cc1. The van der Waals surface area contributed by atoms with Crippen molar-refractivity contribution >= 4 is 29.2 Å². The second-order valence-electron chi connectivity index (χ2n) is 9.82. The molecule has 0 bridgehead atoms. The minimum absolute atomic E-state index is 0.0138. The summed E-state index contributed by atoms with van der Waals surface area (Å²) >= 11 is 6.39. The molecule has 38 heavy (non-hydrogen) atoms. The molecule has 0 saturated carbocycles. The summed E-state index contributed by atoms with van der Waals surface area (Å²) in [4.78, 5) is 30.2. The van der Waals surface area contributed by atoms with Crippen molar-refractivity contribution in [3.63, 3.8) is 0 Å². The lowest BCUT2D eigenvalue weighted by atomic mass is 10.2. The van der Waals surface area contributed by atoms with Crippen molar-refractivity contribution in [1.82, 2.24) is 14.4 Å². The van der Waals surface area contributed by atoms with Crippen LogP contribution < -0.4 is 10.1 Å². The van der Waals surface area contributed by atoms with E-state index in [0.29, 0.717) is 37.6 Å². The standard InChI is InChI=1S/C30H39ClN4O3/c1-5-6-17-34(30(37)32-25-13-15-27(38-4)16-14-25)22-29(36)35(19-23(2)3)21-26-11-9-18-33(26)20-24-10-7-8-12-28(24)31/h7-16,18,23H,5-6,17,19-22H2,1-4H3,(H,32,37). The summed E-state index contributed by atoms with van der Waals surface area (Å²) in [5.41, 5.74) is 2.69. The molecule has 8 heteroatoms. The Morgan fingerprint density at radius 1 is 1.03 bits per heavy atom. The molecule has 0 atom stereocenters. The van der Waals surface area contributed by atoms with Crippen molar-refractivity contribution in [1.29, 1.82) is 0 Å². The lowest BCUT2D eigenvalue weighted by Crippen LogP contribution is -2.45. The quantitative estimate of drug-likeness (QED) is 0.269. The van der Waals surface area contributed by atoms with Crippen LogP contribution in [-0.2, 0) is 17.9 Å². The van der Waals surface area contributed by atoms with E-state index in [1.807, 2.05) is 47.5 Å². The normalized spacial score (nSPS) is 10.9. The maximum atomic E-state index is 13.6. The number of carbonyl (C=O) groups excluding carboxylic acids is 2. The fraction of sp³-hybridized carbons (Fsp3) is 0.400. The van der Waals surface area contributed by atoms with E-state index in [0.717, 1.165) is 29.1 Å². The topological polar surface area (TPSA) is 66.8 Å². The average molecular weight is 539 g/mol. The number of unbranched alkanes of at least 4 members (excludes halogenated alkanes) is 1. The van der Waals surface area contributed by atoms with Gasteiger partial charge in [0.15, 0.2) is 0 Å². The molecule has 0 fully saturated rings. The minimum Gasteiger partial charge on any atom is -0.497 e. The number of ether oxygens (including phenoxy) is 1. The zero-order valence-electron chi connectivity index (χ0n) is 22.8. The fourth-order valence-corrected chi connectivity index (χ4v) is 4.39. The molecule has 1 heterocycles. The van der Waals surface area contributed by atoms with Gasteiger partial charge in [0.1, 0.15) is 12.3 Å². The molecule has 3 aromatic rings. The number of urea groups is 1. The van der Waals surface area contributed by atoms with Crippen LogP contribution in [0.3, 0.4) is 0 Å². The van der Waals surface area contributed by atoms with Gasteiger partial charge in [-0.3, -0.25) is 4.79 Å². The first-order chi connectivity index (χ1) is 18.3. The van der Waals surface area contributed by atoms with Gasteiger partial charge in [-0.15, -0.1) is 0 Å². The lowest BCUT2D eigenvalue weighted by Gasteiger charge is -2.29. The monoisotopic (exact) mass is 538 g/mol. The van der Waals surface area contributed by atoms with Crippen LogP contribution >= 0.6 is 11.6 Å². The number of hydrogen-bond donors (Lipinski definition) is 1. The van der Waals surface area contributed by atoms with Gasteiger partial charge in [-0.05, 0) is 60.4 Å². The summed E-state index contributed by atoms with van der Waals surface area (Å²) in [6.45, 7) is 8.44. The number of halogens is 1. The minimum atomic E-state index is -0.288. The van der Waals surface area contributed by atoms with Crippen LogP contribution in [0.15, 0.2) is 66.9 Å². The van der Waals surface area contributed by atoms with Crippen LogP contribution in [0, 0.1) is 5.92 Å². The van der Waals surface area contributed by atoms with Crippen LogP contribution in [0.2, 0.25) is 5.02 Å². The number of carbonyl (C=O) groups is 2. The number of aromatic nitrogens is 1. The highest BCUT2D eigenvalue weighted by Crippen LogP contribution is 2.19. The Bertz CT molecular complexity index is 1180. The molecule has 2 aromatic carbocycles. The third-order valence-electron chi connectivity index (χ3n) is 6.25. The highest BCUT2D eigenvalue weighted by Gasteiger charge is 2.23. The van der Waals surface area contributed by atoms with Crippen LogP contribution in [0.25, 0.3) is 0 Å². The summed E-state index contributed by atoms with van der Waals surface area (Å²) in [5.74, 6) is 0.915. The zero-order chi connectivity index (χ0) is 27.5. The molecular weight excluding hydrogens is 500 g/mol. The van der Waals surface area contributed by atoms with E-state index in [9.17, 15) is 9.59 Å². The summed E-state index contributed by atoms with van der Waals surface area (Å²) in [6, 6.07) is 18.7. The molecule has 0 aliphatic rings. The summed E-state index contributed by atoms with van der Waals surface area (Å²) in [7, 11) is 1.60. The molecule has 0 radical (unpaired) electrons. The van der Waals surface area contributed by atoms with Gasteiger partial charge in [0.05, 0.1) is 13.7 Å². The first kappa shape index (κ1) is 29.1. The number of anilines is 1. The molecule has 0 aliphatic carbocycles. The van der Waals surface area contributed by atoms with Crippen molar-refractivity contribution in [3.05, 3.63) is 83.1 Å². The van der Waals surface area contributed by atoms with Gasteiger partial charge >= 0.3 is 6.03 Å². The summed E-state index contributed by atoms with van der Waals surface area (Å²) in [5, 5.41) is 3.64. The number of nitrogens with one attached hydrogen (secondary N) is 1. The first-order valence-corrected chi connectivity index (χ1v) is 13.5. The lowest BCUT2D eigenvalue weighted by molar-refractivity contribution is -0.133. The van der Waals surface area contributed by atoms with Crippen LogP contribution in [-0.4, -0.2) is 53.0 Å². The van der Waals surface area contributed by atoms with Crippen LogP contribution in [0.4, 0.5) is 10.5 Å². The van der Waals surface area contributed by atoms with Crippen LogP contribution in [0.1, 0.15) is 44.9 Å². The average Bonchev–Trinajstić information content (AvgIpc) is 3.33. The van der Waals surface area contributed by atoms with Gasteiger partial charge in [0.25, 0.3) is 0 Å². The molecule has 0 spiro atoms. The van der Waals surface area contributed by atoms with E-state index in [2.05, 4.69) is 30.7 Å². The number of methoxy groups -OCH3 is 1. The molecule has 0 unspecified atom stereocenters. The van der Waals surface area contributed by atoms with Crippen molar-refractivity contribution in [2.24, 2.45) is 5.92 Å². The second kappa shape index (κ2) is 14.5. The smallest absolute Gasteiger partial charge is 0.322 e. The van der Waals surface area contributed by atoms with Gasteiger partial charge in [0.2, 0.25) is 5.91 Å². The van der Waals surface area contributed by atoms with E-state index < -0.39 is 0 Å². The Labute approximate surface area is 231 Å². The third-order valence-corrected chi connectivity index (χ3v) is 6.62. The number of benzene rings is 2. The Hall–Kier alpha value is -3.45. The van der Waals surface area contributed by atoms with E-state index >= 15 is 0 Å². The van der Waals surface area contributed by atoms with E-state index in [1.54, 1.807) is 36.3 Å². The predicted molar refractivity (Wildman–Crippen MR) is 154 cm³/mol. The first-order valence-electron chi connectivity index (χ1n) is 13.2. The largest absolute Gasteiger partial charge is 0.497 e. The number of rotatable bonds is 13. The fourth-order valence-electron chi connectivity index (χ4n) is 4.19. The van der Waals surface area contributed by atoms with Gasteiger partial charge < -0.3 is 24.4 Å². The molecular formula is C30H39ClN4O3. The molecule has 3 rings (SSSR count). The molecule has 0 saturated heterocycles. The van der Waals surface area contributed by atoms with Crippen molar-refractivity contribution < 1.29 is 14.3 Å². The Balaban J connectivity index is 1.73. The van der Waals surface area contributed by atoms with Crippen LogP contribution in [0.5, 0.6) is 5.75 Å². The van der Waals surface area contributed by atoms with Crippen molar-refractivity contribution in [2.45, 2.75) is 46.7 Å². The Morgan fingerprint density at radius 3 is 2.42 bits per heavy atom. The zero-order valence-corrected chi connectivity index (χ0v) is 23.6. The summed E-state index contributed by atoms with van der Waals surface area (Å²) in [6.07, 6.45) is 3.74. The maximum absolute atomic E-state index is 13.6. The molecule has 0 aliphatic heterocycles. The van der Waals surface area contributed by atoms with Gasteiger partial charge in [0, 0.05) is 42.2 Å². The van der Waals surface area contributed by atoms with Gasteiger partial charge in [-0.2, -0.15) is 0 Å². The molecule has 204 valence electrons. The van der Waals surface area contributed by atoms with Gasteiger partial charge in [-0.25, -0.2) is 4.79 Å². The van der Waals surface area contributed by atoms with Crippen molar-refractivity contribution in [3.8, 4) is 5.75 Å². The molecule has 1 aromatic heterocycles. The highest BCUT2D eigenvalue weighted by molar-refractivity contribution is 6.31. The number of amides is 3. The second-order valence-corrected chi connectivity index (χ2v) is 10.2.